The lowest BCUT2D eigenvalue weighted by molar-refractivity contribution is -0.129. The number of benzene rings is 2. The Bertz CT molecular complexity index is 730. The van der Waals surface area contributed by atoms with Crippen LogP contribution in [0.25, 0.3) is 0 Å². The summed E-state index contributed by atoms with van der Waals surface area (Å²) in [5.41, 5.74) is 8.21. The molecular weight excluding hydrogens is 324 g/mol. The van der Waals surface area contributed by atoms with Gasteiger partial charge in [0.25, 0.3) is 0 Å². The molecule has 1 amide bonds. The van der Waals surface area contributed by atoms with E-state index in [1.54, 1.807) is 0 Å². The van der Waals surface area contributed by atoms with Gasteiger partial charge >= 0.3 is 0 Å². The largest absolute Gasteiger partial charge is 0.491 e. The molecule has 0 spiro atoms. The molecule has 0 aromatic heterocycles. The Labute approximate surface area is 156 Å². The van der Waals surface area contributed by atoms with Crippen molar-refractivity contribution in [2.45, 2.75) is 32.3 Å². The van der Waals surface area contributed by atoms with E-state index in [2.05, 4.69) is 12.1 Å². The summed E-state index contributed by atoms with van der Waals surface area (Å²) in [4.78, 5) is 14.9. The predicted octanol–water partition coefficient (Wildman–Crippen LogP) is 3.22. The molecule has 2 aromatic carbocycles. The minimum Gasteiger partial charge on any atom is -0.491 e. The number of carbonyl (C=O) groups is 1. The Morgan fingerprint density at radius 3 is 2.50 bits per heavy atom. The van der Waals surface area contributed by atoms with Crippen LogP contribution in [0.1, 0.15) is 30.9 Å². The summed E-state index contributed by atoms with van der Waals surface area (Å²) in [6.45, 7) is 6.04. The van der Waals surface area contributed by atoms with Crippen molar-refractivity contribution in [3.8, 4) is 5.75 Å². The van der Waals surface area contributed by atoms with E-state index in [0.717, 1.165) is 24.4 Å². The van der Waals surface area contributed by atoms with Crippen molar-refractivity contribution in [1.29, 1.82) is 0 Å². The first kappa shape index (κ1) is 18.5. The molecule has 138 valence electrons. The third kappa shape index (κ3) is 4.25. The highest BCUT2D eigenvalue weighted by molar-refractivity contribution is 5.80. The summed E-state index contributed by atoms with van der Waals surface area (Å²) in [7, 11) is 0. The van der Waals surface area contributed by atoms with Crippen LogP contribution in [0.4, 0.5) is 0 Å². The maximum atomic E-state index is 12.9. The van der Waals surface area contributed by atoms with E-state index in [1.165, 1.54) is 5.56 Å². The van der Waals surface area contributed by atoms with Crippen LogP contribution in [-0.2, 0) is 11.2 Å². The molecule has 1 heterocycles. The van der Waals surface area contributed by atoms with Crippen LogP contribution < -0.4 is 10.5 Å². The highest BCUT2D eigenvalue weighted by Gasteiger charge is 2.35. The van der Waals surface area contributed by atoms with Crippen LogP contribution >= 0.6 is 0 Å². The third-order valence-electron chi connectivity index (χ3n) is 5.00. The number of amides is 1. The molecular formula is C22H28N2O2. The molecule has 1 saturated heterocycles. The number of likely N-dealkylation sites (tertiary alicyclic amines) is 1. The molecule has 2 aromatic rings. The SMILES string of the molecule is CC(C)Oc1ccccc1CC(=O)N1C[C@@H](CN)[C@H](c2ccccc2)C1. The topological polar surface area (TPSA) is 55.6 Å². The van der Waals surface area contributed by atoms with Crippen molar-refractivity contribution in [2.75, 3.05) is 19.6 Å². The van der Waals surface area contributed by atoms with Crippen LogP contribution in [0.5, 0.6) is 5.75 Å². The fourth-order valence-corrected chi connectivity index (χ4v) is 3.69. The van der Waals surface area contributed by atoms with Crippen LogP contribution in [0.15, 0.2) is 54.6 Å². The van der Waals surface area contributed by atoms with Gasteiger partial charge in [0.15, 0.2) is 0 Å². The summed E-state index contributed by atoms with van der Waals surface area (Å²) in [5.74, 6) is 1.56. The molecule has 26 heavy (non-hydrogen) atoms. The van der Waals surface area contributed by atoms with Gasteiger partial charge < -0.3 is 15.4 Å². The summed E-state index contributed by atoms with van der Waals surface area (Å²) in [6.07, 6.45) is 0.448. The van der Waals surface area contributed by atoms with E-state index in [-0.39, 0.29) is 12.0 Å². The first-order chi connectivity index (χ1) is 12.6. The molecule has 0 unspecified atom stereocenters. The van der Waals surface area contributed by atoms with Crippen molar-refractivity contribution in [1.82, 2.24) is 4.90 Å². The Morgan fingerprint density at radius 1 is 1.12 bits per heavy atom. The Kier molecular flexibility index (Phi) is 5.94. The molecule has 4 nitrogen and oxygen atoms in total. The van der Waals surface area contributed by atoms with Gasteiger partial charge in [-0.1, -0.05) is 48.5 Å². The first-order valence-corrected chi connectivity index (χ1v) is 9.35. The van der Waals surface area contributed by atoms with Crippen molar-refractivity contribution >= 4 is 5.91 Å². The minimum absolute atomic E-state index is 0.0853. The van der Waals surface area contributed by atoms with Gasteiger partial charge in [0, 0.05) is 24.6 Å². The lowest BCUT2D eigenvalue weighted by atomic mass is 9.89. The van der Waals surface area contributed by atoms with E-state index in [1.807, 2.05) is 61.2 Å². The Morgan fingerprint density at radius 2 is 1.81 bits per heavy atom. The van der Waals surface area contributed by atoms with Gasteiger partial charge in [-0.15, -0.1) is 0 Å². The van der Waals surface area contributed by atoms with E-state index in [9.17, 15) is 4.79 Å². The number of carbonyl (C=O) groups excluding carboxylic acids is 1. The molecule has 4 heteroatoms. The normalized spacial score (nSPS) is 19.8. The van der Waals surface area contributed by atoms with Crippen LogP contribution in [0, 0.1) is 5.92 Å². The van der Waals surface area contributed by atoms with E-state index in [0.29, 0.717) is 24.8 Å². The molecule has 0 radical (unpaired) electrons. The zero-order chi connectivity index (χ0) is 18.5. The van der Waals surface area contributed by atoms with E-state index < -0.39 is 0 Å². The van der Waals surface area contributed by atoms with Gasteiger partial charge in [0.05, 0.1) is 12.5 Å². The van der Waals surface area contributed by atoms with Crippen molar-refractivity contribution in [3.63, 3.8) is 0 Å². The molecule has 1 aliphatic rings. The van der Waals surface area contributed by atoms with Crippen LogP contribution in [0.3, 0.4) is 0 Å². The third-order valence-corrected chi connectivity index (χ3v) is 5.00. The van der Waals surface area contributed by atoms with Gasteiger partial charge in [-0.05, 0) is 37.9 Å². The average molecular weight is 352 g/mol. The number of hydrogen-bond donors (Lipinski definition) is 1. The Hall–Kier alpha value is -2.33. The number of rotatable bonds is 6. The van der Waals surface area contributed by atoms with Gasteiger partial charge in [-0.25, -0.2) is 0 Å². The first-order valence-electron chi connectivity index (χ1n) is 9.35. The van der Waals surface area contributed by atoms with Crippen LogP contribution in [0.2, 0.25) is 0 Å². The minimum atomic E-state index is 0.0853. The second-order valence-electron chi connectivity index (χ2n) is 7.26. The fourth-order valence-electron chi connectivity index (χ4n) is 3.69. The summed E-state index contributed by atoms with van der Waals surface area (Å²) < 4.78 is 5.85. The zero-order valence-corrected chi connectivity index (χ0v) is 15.6. The fraction of sp³-hybridized carbons (Fsp3) is 0.409. The maximum Gasteiger partial charge on any atom is 0.227 e. The van der Waals surface area contributed by atoms with Crippen molar-refractivity contribution in [3.05, 3.63) is 65.7 Å². The lowest BCUT2D eigenvalue weighted by Crippen LogP contribution is -2.31. The molecule has 1 fully saturated rings. The van der Waals surface area contributed by atoms with Gasteiger partial charge in [0.1, 0.15) is 5.75 Å². The van der Waals surface area contributed by atoms with Gasteiger partial charge in [-0.3, -0.25) is 4.79 Å². The maximum absolute atomic E-state index is 12.9. The number of nitrogens with zero attached hydrogens (tertiary/aromatic N) is 1. The van der Waals surface area contributed by atoms with E-state index >= 15 is 0 Å². The summed E-state index contributed by atoms with van der Waals surface area (Å²) >= 11 is 0. The summed E-state index contributed by atoms with van der Waals surface area (Å²) in [5, 5.41) is 0. The number of ether oxygens (including phenoxy) is 1. The second kappa shape index (κ2) is 8.37. The molecule has 2 atom stereocenters. The van der Waals surface area contributed by atoms with Crippen LogP contribution in [-0.4, -0.2) is 36.5 Å². The average Bonchev–Trinajstić information content (AvgIpc) is 3.08. The molecule has 0 saturated carbocycles. The quantitative estimate of drug-likeness (QED) is 0.868. The lowest BCUT2D eigenvalue weighted by Gasteiger charge is -2.19. The highest BCUT2D eigenvalue weighted by Crippen LogP contribution is 2.32. The predicted molar refractivity (Wildman–Crippen MR) is 104 cm³/mol. The monoisotopic (exact) mass is 352 g/mol. The molecule has 0 bridgehead atoms. The second-order valence-corrected chi connectivity index (χ2v) is 7.26. The zero-order valence-electron chi connectivity index (χ0n) is 15.6. The smallest absolute Gasteiger partial charge is 0.227 e. The van der Waals surface area contributed by atoms with Crippen molar-refractivity contribution < 1.29 is 9.53 Å². The summed E-state index contributed by atoms with van der Waals surface area (Å²) in [6, 6.07) is 18.2. The van der Waals surface area contributed by atoms with E-state index in [4.69, 9.17) is 10.5 Å². The molecule has 2 N–H and O–H groups in total. The highest BCUT2D eigenvalue weighted by atomic mass is 16.5. The number of hydrogen-bond acceptors (Lipinski definition) is 3. The number of para-hydroxylation sites is 1. The standard InChI is InChI=1S/C22H28N2O2/c1-16(2)26-21-11-7-6-10-18(21)12-22(25)24-14-19(13-23)20(15-24)17-8-4-3-5-9-17/h3-11,16,19-20H,12-15,23H2,1-2H3/t19-,20+/m1/s1. The molecule has 0 aliphatic carbocycles. The van der Waals surface area contributed by atoms with Crippen molar-refractivity contribution in [2.24, 2.45) is 11.7 Å². The molecule has 1 aliphatic heterocycles. The Balaban J connectivity index is 1.71. The van der Waals surface area contributed by atoms with Gasteiger partial charge in [-0.2, -0.15) is 0 Å². The number of nitrogens with two attached hydrogens (primary N) is 1. The molecule has 3 rings (SSSR count). The van der Waals surface area contributed by atoms with Gasteiger partial charge in [0.2, 0.25) is 5.91 Å².